The van der Waals surface area contributed by atoms with Crippen LogP contribution >= 0.6 is 11.3 Å². The third kappa shape index (κ3) is 3.55. The summed E-state index contributed by atoms with van der Waals surface area (Å²) in [6.07, 6.45) is 2.48. The normalized spacial score (nSPS) is 20.9. The lowest BCUT2D eigenvalue weighted by molar-refractivity contribution is 0.0702. The van der Waals surface area contributed by atoms with Gasteiger partial charge in [0, 0.05) is 24.0 Å². The number of carboxylic acid groups (broad SMARTS) is 1. The molecular formula is C14H22N2O2S. The Morgan fingerprint density at radius 3 is 2.89 bits per heavy atom. The number of likely N-dealkylation sites (N-methyl/N-ethyl adjacent to an activating group) is 1. The van der Waals surface area contributed by atoms with Gasteiger partial charge in [0.15, 0.2) is 0 Å². The van der Waals surface area contributed by atoms with Crippen LogP contribution in [0.2, 0.25) is 0 Å². The molecule has 0 aromatic carbocycles. The fourth-order valence-electron chi connectivity index (χ4n) is 2.62. The molecule has 2 rings (SSSR count). The molecule has 1 aromatic heterocycles. The van der Waals surface area contributed by atoms with Gasteiger partial charge in [-0.3, -0.25) is 4.90 Å². The van der Waals surface area contributed by atoms with Gasteiger partial charge < -0.3 is 10.0 Å². The molecule has 0 amide bonds. The first-order chi connectivity index (χ1) is 8.97. The Hall–Kier alpha value is -0.910. The average molecular weight is 282 g/mol. The second-order valence-electron chi connectivity index (χ2n) is 5.49. The van der Waals surface area contributed by atoms with E-state index in [0.29, 0.717) is 10.9 Å². The van der Waals surface area contributed by atoms with Crippen molar-refractivity contribution in [3.63, 3.8) is 0 Å². The maximum Gasteiger partial charge on any atom is 0.345 e. The van der Waals surface area contributed by atoms with Crippen LogP contribution in [-0.2, 0) is 6.54 Å². The first kappa shape index (κ1) is 14.5. The van der Waals surface area contributed by atoms with Crippen LogP contribution in [0.4, 0.5) is 0 Å². The summed E-state index contributed by atoms with van der Waals surface area (Å²) >= 11 is 1.38. The molecule has 5 heteroatoms. The smallest absolute Gasteiger partial charge is 0.345 e. The van der Waals surface area contributed by atoms with Crippen molar-refractivity contribution in [3.05, 3.63) is 21.4 Å². The molecule has 0 aliphatic carbocycles. The molecule has 1 atom stereocenters. The van der Waals surface area contributed by atoms with E-state index in [2.05, 4.69) is 23.9 Å². The van der Waals surface area contributed by atoms with E-state index in [1.165, 1.54) is 29.7 Å². The van der Waals surface area contributed by atoms with Crippen molar-refractivity contribution in [1.82, 2.24) is 9.80 Å². The fraction of sp³-hybridized carbons (Fsp3) is 0.643. The molecule has 4 nitrogen and oxygen atoms in total. The van der Waals surface area contributed by atoms with Gasteiger partial charge >= 0.3 is 5.97 Å². The number of hydrogen-bond acceptors (Lipinski definition) is 4. The van der Waals surface area contributed by atoms with Gasteiger partial charge in [-0.1, -0.05) is 0 Å². The highest BCUT2D eigenvalue weighted by Crippen LogP contribution is 2.24. The molecule has 1 unspecified atom stereocenters. The Bertz CT molecular complexity index is 456. The Morgan fingerprint density at radius 1 is 1.58 bits per heavy atom. The summed E-state index contributed by atoms with van der Waals surface area (Å²) in [6, 6.07) is 2.45. The Morgan fingerprint density at radius 2 is 2.32 bits per heavy atom. The van der Waals surface area contributed by atoms with Gasteiger partial charge in [-0.05, 0) is 52.0 Å². The average Bonchev–Trinajstić information content (AvgIpc) is 2.71. The summed E-state index contributed by atoms with van der Waals surface area (Å²) in [5, 5.41) is 9.03. The third-order valence-corrected chi connectivity index (χ3v) is 4.92. The van der Waals surface area contributed by atoms with Crippen LogP contribution in [0.5, 0.6) is 0 Å². The summed E-state index contributed by atoms with van der Waals surface area (Å²) in [5.41, 5.74) is 1.17. The lowest BCUT2D eigenvalue weighted by atomic mass is 10.0. The first-order valence-electron chi connectivity index (χ1n) is 6.68. The van der Waals surface area contributed by atoms with Crippen molar-refractivity contribution in [2.75, 3.05) is 27.2 Å². The highest BCUT2D eigenvalue weighted by Gasteiger charge is 2.22. The molecule has 19 heavy (non-hydrogen) atoms. The number of carboxylic acids is 1. The second kappa shape index (κ2) is 6.03. The number of thiophene rings is 1. The van der Waals surface area contributed by atoms with Crippen molar-refractivity contribution in [2.24, 2.45) is 0 Å². The van der Waals surface area contributed by atoms with Crippen LogP contribution in [0.1, 0.15) is 33.0 Å². The van der Waals surface area contributed by atoms with Crippen molar-refractivity contribution in [1.29, 1.82) is 0 Å². The molecule has 1 saturated heterocycles. The van der Waals surface area contributed by atoms with Crippen molar-refractivity contribution >= 4 is 17.3 Å². The molecule has 1 aliphatic heterocycles. The summed E-state index contributed by atoms with van der Waals surface area (Å²) in [4.78, 5) is 17.3. The van der Waals surface area contributed by atoms with Gasteiger partial charge in [0.05, 0.1) is 0 Å². The van der Waals surface area contributed by atoms with Gasteiger partial charge in [0.25, 0.3) is 0 Å². The zero-order valence-corrected chi connectivity index (χ0v) is 12.7. The highest BCUT2D eigenvalue weighted by atomic mass is 32.1. The Kier molecular flexibility index (Phi) is 4.60. The molecule has 0 bridgehead atoms. The quantitative estimate of drug-likeness (QED) is 0.920. The van der Waals surface area contributed by atoms with E-state index >= 15 is 0 Å². The Labute approximate surface area is 118 Å². The standard InChI is InChI=1S/C14H22N2O2S/c1-10-11(7-13(19-10)14(17)18)8-16-6-4-5-12(9-16)15(2)3/h7,12H,4-6,8-9H2,1-3H3,(H,17,18). The predicted octanol–water partition coefficient (Wildman–Crippen LogP) is 2.28. The molecule has 0 spiro atoms. The van der Waals surface area contributed by atoms with Crippen LogP contribution in [0.15, 0.2) is 6.07 Å². The second-order valence-corrected chi connectivity index (χ2v) is 6.75. The minimum Gasteiger partial charge on any atom is -0.477 e. The highest BCUT2D eigenvalue weighted by molar-refractivity contribution is 7.14. The van der Waals surface area contributed by atoms with Crippen molar-refractivity contribution in [3.8, 4) is 0 Å². The molecule has 106 valence electrons. The molecule has 0 radical (unpaired) electrons. The lowest BCUT2D eigenvalue weighted by Gasteiger charge is -2.36. The minimum atomic E-state index is -0.816. The van der Waals surface area contributed by atoms with E-state index in [4.69, 9.17) is 5.11 Å². The number of piperidine rings is 1. The molecule has 0 saturated carbocycles. The van der Waals surface area contributed by atoms with Gasteiger partial charge in [-0.25, -0.2) is 4.79 Å². The number of hydrogen-bond donors (Lipinski definition) is 1. The van der Waals surface area contributed by atoms with Crippen LogP contribution in [0, 0.1) is 6.92 Å². The van der Waals surface area contributed by atoms with Crippen LogP contribution in [-0.4, -0.2) is 54.1 Å². The first-order valence-corrected chi connectivity index (χ1v) is 7.50. The van der Waals surface area contributed by atoms with E-state index in [1.807, 2.05) is 13.0 Å². The van der Waals surface area contributed by atoms with E-state index < -0.39 is 5.97 Å². The lowest BCUT2D eigenvalue weighted by Crippen LogP contribution is -2.44. The number of likely N-dealkylation sites (tertiary alicyclic amines) is 1. The van der Waals surface area contributed by atoms with E-state index in [0.717, 1.165) is 24.5 Å². The van der Waals surface area contributed by atoms with Crippen LogP contribution in [0.3, 0.4) is 0 Å². The van der Waals surface area contributed by atoms with Gasteiger partial charge in [-0.2, -0.15) is 0 Å². The third-order valence-electron chi connectivity index (χ3n) is 3.84. The van der Waals surface area contributed by atoms with E-state index in [1.54, 1.807) is 0 Å². The number of rotatable bonds is 4. The summed E-state index contributed by atoms with van der Waals surface area (Å²) in [6.45, 7) is 5.08. The topological polar surface area (TPSA) is 43.8 Å². The van der Waals surface area contributed by atoms with E-state index in [-0.39, 0.29) is 0 Å². The van der Waals surface area contributed by atoms with Gasteiger partial charge in [0.2, 0.25) is 0 Å². The Balaban J connectivity index is 2.02. The zero-order chi connectivity index (χ0) is 14.0. The van der Waals surface area contributed by atoms with Crippen molar-refractivity contribution in [2.45, 2.75) is 32.4 Å². The molecule has 1 N–H and O–H groups in total. The summed E-state index contributed by atoms with van der Waals surface area (Å²) in [7, 11) is 4.26. The number of nitrogens with zero attached hydrogens (tertiary/aromatic N) is 2. The molecule has 2 heterocycles. The number of aromatic carboxylic acids is 1. The van der Waals surface area contributed by atoms with Gasteiger partial charge in [-0.15, -0.1) is 11.3 Å². The molecule has 1 aliphatic rings. The summed E-state index contributed by atoms with van der Waals surface area (Å²) in [5.74, 6) is -0.816. The fourth-order valence-corrected chi connectivity index (χ4v) is 3.49. The summed E-state index contributed by atoms with van der Waals surface area (Å²) < 4.78 is 0. The maximum absolute atomic E-state index is 11.0. The van der Waals surface area contributed by atoms with Crippen LogP contribution in [0.25, 0.3) is 0 Å². The van der Waals surface area contributed by atoms with Crippen molar-refractivity contribution < 1.29 is 9.90 Å². The molecule has 1 fully saturated rings. The zero-order valence-electron chi connectivity index (χ0n) is 11.8. The van der Waals surface area contributed by atoms with Gasteiger partial charge in [0.1, 0.15) is 4.88 Å². The number of aryl methyl sites for hydroxylation is 1. The number of carbonyl (C=O) groups is 1. The largest absolute Gasteiger partial charge is 0.477 e. The monoisotopic (exact) mass is 282 g/mol. The van der Waals surface area contributed by atoms with Crippen LogP contribution < -0.4 is 0 Å². The predicted molar refractivity (Wildman–Crippen MR) is 78.0 cm³/mol. The van der Waals surface area contributed by atoms with E-state index in [9.17, 15) is 4.79 Å². The molecule has 1 aromatic rings. The maximum atomic E-state index is 11.0. The SMILES string of the molecule is Cc1sc(C(=O)O)cc1CN1CCCC(N(C)C)C1. The molecular weight excluding hydrogens is 260 g/mol. The minimum absolute atomic E-state index is 0.452.